The summed E-state index contributed by atoms with van der Waals surface area (Å²) in [5, 5.41) is 4.63. The van der Waals surface area contributed by atoms with Crippen LogP contribution in [0.15, 0.2) is 24.5 Å². The average molecular weight is 411 g/mol. The van der Waals surface area contributed by atoms with E-state index < -0.39 is 0 Å². The molecule has 146 valence electrons. The Balaban J connectivity index is 1.84. The van der Waals surface area contributed by atoms with E-state index >= 15 is 0 Å². The van der Waals surface area contributed by atoms with Crippen molar-refractivity contribution in [2.75, 3.05) is 39.7 Å². The van der Waals surface area contributed by atoms with E-state index in [1.165, 1.54) is 12.0 Å². The Hall–Kier alpha value is -1.75. The number of nitrogens with one attached hydrogen (secondary N) is 1. The fourth-order valence-electron chi connectivity index (χ4n) is 3.05. The number of nitrogens with zero attached hydrogens (tertiary/aromatic N) is 4. The van der Waals surface area contributed by atoms with E-state index in [-0.39, 0.29) is 11.2 Å². The number of aromatic nitrogens is 4. The molecule has 0 saturated carbocycles. The second kappa shape index (κ2) is 9.45. The van der Waals surface area contributed by atoms with Gasteiger partial charge in [-0.15, -0.1) is 16.9 Å². The number of ether oxygens (including phenoxy) is 2. The molecule has 0 aromatic carbocycles. The fourth-order valence-corrected chi connectivity index (χ4v) is 4.61. The van der Waals surface area contributed by atoms with E-state index in [2.05, 4.69) is 4.98 Å². The number of pyridine rings is 1. The minimum atomic E-state index is -0.163. The van der Waals surface area contributed by atoms with Crippen LogP contribution < -0.4 is 4.90 Å². The van der Waals surface area contributed by atoms with Gasteiger partial charge in [-0.25, -0.2) is 0 Å². The smallest absolute Gasteiger partial charge is 0.324 e. The Morgan fingerprint density at radius 3 is 2.89 bits per heavy atom. The largest absolute Gasteiger partial charge is 0.468 e. The van der Waals surface area contributed by atoms with Crippen LogP contribution in [0.4, 0.5) is 0 Å². The van der Waals surface area contributed by atoms with Crippen molar-refractivity contribution in [3.8, 4) is 11.4 Å². The molecule has 1 saturated heterocycles. The van der Waals surface area contributed by atoms with Crippen LogP contribution >= 0.6 is 24.0 Å². The lowest BCUT2D eigenvalue weighted by Gasteiger charge is -2.27. The van der Waals surface area contributed by atoms with Crippen molar-refractivity contribution in [3.05, 3.63) is 29.3 Å². The highest BCUT2D eigenvalue weighted by molar-refractivity contribution is 8.00. The molecule has 8 nitrogen and oxygen atoms in total. The molecule has 2 aromatic heterocycles. The van der Waals surface area contributed by atoms with Gasteiger partial charge in [0, 0.05) is 30.8 Å². The van der Waals surface area contributed by atoms with Gasteiger partial charge < -0.3 is 14.4 Å². The summed E-state index contributed by atoms with van der Waals surface area (Å²) in [6.07, 6.45) is 3.48. The first-order valence-electron chi connectivity index (χ1n) is 8.74. The summed E-state index contributed by atoms with van der Waals surface area (Å²) in [6.45, 7) is 3.45. The van der Waals surface area contributed by atoms with E-state index in [4.69, 9.17) is 26.8 Å². The molecule has 1 N–H and O–H groups in total. The van der Waals surface area contributed by atoms with Crippen molar-refractivity contribution in [3.63, 3.8) is 0 Å². The molecule has 3 heterocycles. The number of carbonyl (C=O) groups excluding carboxylic acids is 1. The van der Waals surface area contributed by atoms with Crippen LogP contribution in [0.3, 0.4) is 0 Å². The molecule has 0 spiro atoms. The number of rotatable bonds is 7. The molecular weight excluding hydrogens is 386 g/mol. The minimum Gasteiger partial charge on any atom is -0.468 e. The van der Waals surface area contributed by atoms with Gasteiger partial charge in [-0.2, -0.15) is 4.68 Å². The highest BCUT2D eigenvalue weighted by atomic mass is 32.2. The van der Waals surface area contributed by atoms with Gasteiger partial charge in [0.25, 0.3) is 0 Å². The maximum atomic E-state index is 11.9. The van der Waals surface area contributed by atoms with Gasteiger partial charge in [-0.1, -0.05) is 0 Å². The first-order chi connectivity index (χ1) is 13.1. The monoisotopic (exact) mass is 410 g/mol. The SMILES string of the molecule is COCCn1c(-c2ccncc2)nn(C[NH+]2CCS[C@H](C(=O)OC)C2)c1=S. The van der Waals surface area contributed by atoms with Crippen molar-refractivity contribution in [1.29, 1.82) is 0 Å². The van der Waals surface area contributed by atoms with E-state index in [9.17, 15) is 4.79 Å². The molecular formula is C17H24N5O3S2+. The van der Waals surface area contributed by atoms with Crippen LogP contribution in [-0.4, -0.2) is 70.2 Å². The summed E-state index contributed by atoms with van der Waals surface area (Å²) in [5.41, 5.74) is 0.961. The molecule has 1 aliphatic rings. The maximum Gasteiger partial charge on any atom is 0.324 e. The zero-order valence-electron chi connectivity index (χ0n) is 15.5. The minimum absolute atomic E-state index is 0.136. The summed E-state index contributed by atoms with van der Waals surface area (Å²) in [5.74, 6) is 1.54. The van der Waals surface area contributed by atoms with Crippen molar-refractivity contribution < 1.29 is 19.2 Å². The Labute approximate surface area is 167 Å². The molecule has 0 radical (unpaired) electrons. The molecule has 2 aromatic rings. The molecule has 1 unspecified atom stereocenters. The van der Waals surface area contributed by atoms with Gasteiger partial charge >= 0.3 is 5.97 Å². The topological polar surface area (TPSA) is 75.6 Å². The van der Waals surface area contributed by atoms with Gasteiger partial charge in [0.1, 0.15) is 6.54 Å². The lowest BCUT2D eigenvalue weighted by atomic mass is 10.2. The number of hydrogen-bond acceptors (Lipinski definition) is 7. The zero-order chi connectivity index (χ0) is 19.2. The normalized spacial score (nSPS) is 19.8. The number of thioether (sulfide) groups is 1. The standard InChI is InChI=1S/C17H23N5O3S2/c1-24-9-7-21-15(13-3-5-18-6-4-13)19-22(17(21)26)12-20-8-10-27-14(11-20)16(23)25-2/h3-6,14H,7-12H2,1-2H3/p+1/t14-/m0/s1. The lowest BCUT2D eigenvalue weighted by Crippen LogP contribution is -3.14. The number of quaternary nitrogens is 1. The lowest BCUT2D eigenvalue weighted by molar-refractivity contribution is -0.921. The molecule has 0 amide bonds. The molecule has 1 aliphatic heterocycles. The van der Waals surface area contributed by atoms with Gasteiger partial charge in [-0.05, 0) is 24.4 Å². The molecule has 0 bridgehead atoms. The number of carbonyl (C=O) groups is 1. The van der Waals surface area contributed by atoms with Gasteiger partial charge in [-0.3, -0.25) is 14.3 Å². The number of esters is 1. The van der Waals surface area contributed by atoms with Gasteiger partial charge in [0.05, 0.1) is 26.8 Å². The van der Waals surface area contributed by atoms with Crippen LogP contribution in [0.2, 0.25) is 0 Å². The van der Waals surface area contributed by atoms with E-state index in [0.717, 1.165) is 23.7 Å². The fraction of sp³-hybridized carbons (Fsp3) is 0.529. The maximum absolute atomic E-state index is 11.9. The average Bonchev–Trinajstić information content (AvgIpc) is 3.02. The third-order valence-corrected chi connectivity index (χ3v) is 6.10. The Morgan fingerprint density at radius 1 is 1.41 bits per heavy atom. The summed E-state index contributed by atoms with van der Waals surface area (Å²) >= 11 is 7.33. The van der Waals surface area contributed by atoms with Crippen LogP contribution in [0.1, 0.15) is 0 Å². The molecule has 0 aliphatic carbocycles. The molecule has 27 heavy (non-hydrogen) atoms. The Kier molecular flexibility index (Phi) is 7.00. The predicted molar refractivity (Wildman–Crippen MR) is 105 cm³/mol. The second-order valence-corrected chi connectivity index (χ2v) is 7.91. The Morgan fingerprint density at radius 2 is 2.19 bits per heavy atom. The molecule has 10 heteroatoms. The third-order valence-electron chi connectivity index (χ3n) is 4.47. The van der Waals surface area contributed by atoms with E-state index in [1.54, 1.807) is 31.3 Å². The number of methoxy groups -OCH3 is 2. The summed E-state index contributed by atoms with van der Waals surface area (Å²) in [4.78, 5) is 17.2. The molecule has 3 rings (SSSR count). The quantitative estimate of drug-likeness (QED) is 0.518. The highest BCUT2D eigenvalue weighted by Gasteiger charge is 2.30. The summed E-state index contributed by atoms with van der Waals surface area (Å²) in [7, 11) is 3.11. The predicted octanol–water partition coefficient (Wildman–Crippen LogP) is 0.253. The van der Waals surface area contributed by atoms with E-state index in [0.29, 0.717) is 31.1 Å². The van der Waals surface area contributed by atoms with Crippen molar-refractivity contribution >= 4 is 29.9 Å². The molecule has 2 atom stereocenters. The zero-order valence-corrected chi connectivity index (χ0v) is 17.1. The Bertz CT molecular complexity index is 824. The van der Waals surface area contributed by atoms with Crippen LogP contribution in [0, 0.1) is 4.77 Å². The molecule has 1 fully saturated rings. The highest BCUT2D eigenvalue weighted by Crippen LogP contribution is 2.17. The van der Waals surface area contributed by atoms with Crippen LogP contribution in [0.5, 0.6) is 0 Å². The van der Waals surface area contributed by atoms with Crippen molar-refractivity contribution in [2.45, 2.75) is 18.5 Å². The van der Waals surface area contributed by atoms with Crippen molar-refractivity contribution in [2.24, 2.45) is 0 Å². The van der Waals surface area contributed by atoms with Gasteiger partial charge in [0.2, 0.25) is 4.77 Å². The van der Waals surface area contributed by atoms with Crippen molar-refractivity contribution in [1.82, 2.24) is 19.3 Å². The first kappa shape index (κ1) is 20.0. The van der Waals surface area contributed by atoms with Gasteiger partial charge in [0.15, 0.2) is 17.7 Å². The van der Waals surface area contributed by atoms with Crippen LogP contribution in [-0.2, 0) is 27.5 Å². The first-order valence-corrected chi connectivity index (χ1v) is 10.2. The third kappa shape index (κ3) is 4.75. The van der Waals surface area contributed by atoms with E-state index in [1.807, 2.05) is 21.4 Å². The summed E-state index contributed by atoms with van der Waals surface area (Å²) in [6, 6.07) is 3.84. The number of hydrogen-bond donors (Lipinski definition) is 1. The van der Waals surface area contributed by atoms with Crippen LogP contribution in [0.25, 0.3) is 11.4 Å². The second-order valence-electron chi connectivity index (χ2n) is 6.23. The summed E-state index contributed by atoms with van der Waals surface area (Å²) < 4.78 is 14.6.